The van der Waals surface area contributed by atoms with Crippen molar-refractivity contribution >= 4 is 11.6 Å². The molecular formula is C18H20N2O5. The highest BCUT2D eigenvalue weighted by atomic mass is 16.6. The molecule has 0 heterocycles. The van der Waals surface area contributed by atoms with Gasteiger partial charge in [0, 0.05) is 24.2 Å². The number of carbonyl (C=O) groups excluding carboxylic acids is 1. The SMILES string of the molecule is Cc1ccc(C(=O)NC[C@H](O)COc2ccc([N+](=O)[O-])cc2)c(C)c1. The van der Waals surface area contributed by atoms with E-state index in [-0.39, 0.29) is 24.7 Å². The zero-order valence-corrected chi connectivity index (χ0v) is 14.1. The molecule has 25 heavy (non-hydrogen) atoms. The van der Waals surface area contributed by atoms with Gasteiger partial charge >= 0.3 is 0 Å². The third-order valence-electron chi connectivity index (χ3n) is 3.61. The fourth-order valence-electron chi connectivity index (χ4n) is 2.29. The number of non-ortho nitro benzene ring substituents is 1. The Bertz CT molecular complexity index is 759. The minimum atomic E-state index is -0.898. The second kappa shape index (κ2) is 8.25. The van der Waals surface area contributed by atoms with E-state index >= 15 is 0 Å². The normalized spacial score (nSPS) is 11.6. The van der Waals surface area contributed by atoms with E-state index in [0.717, 1.165) is 11.1 Å². The summed E-state index contributed by atoms with van der Waals surface area (Å²) in [5.74, 6) is 0.150. The molecule has 0 aromatic heterocycles. The topological polar surface area (TPSA) is 102 Å². The number of hydrogen-bond donors (Lipinski definition) is 2. The van der Waals surface area contributed by atoms with Crippen LogP contribution in [0.25, 0.3) is 0 Å². The van der Waals surface area contributed by atoms with Gasteiger partial charge in [-0.1, -0.05) is 17.7 Å². The van der Waals surface area contributed by atoms with Gasteiger partial charge in [0.15, 0.2) is 0 Å². The number of nitro groups is 1. The summed E-state index contributed by atoms with van der Waals surface area (Å²) in [6.45, 7) is 3.81. The molecule has 0 radical (unpaired) electrons. The molecule has 0 fully saturated rings. The molecule has 2 aromatic rings. The molecule has 0 saturated carbocycles. The molecule has 0 spiro atoms. The number of hydrogen-bond acceptors (Lipinski definition) is 5. The van der Waals surface area contributed by atoms with Crippen molar-refractivity contribution in [2.24, 2.45) is 0 Å². The average Bonchev–Trinajstić information content (AvgIpc) is 2.58. The standard InChI is InChI=1S/C18H20N2O5/c1-12-3-8-17(13(2)9-12)18(22)19-10-15(21)11-25-16-6-4-14(5-7-16)20(23)24/h3-9,15,21H,10-11H2,1-2H3,(H,19,22)/t15-/m0/s1. The molecule has 7 heteroatoms. The van der Waals surface area contributed by atoms with E-state index in [9.17, 15) is 20.0 Å². The molecule has 0 aliphatic carbocycles. The molecule has 1 amide bonds. The van der Waals surface area contributed by atoms with Gasteiger partial charge in [-0.05, 0) is 37.6 Å². The number of aliphatic hydroxyl groups is 1. The zero-order chi connectivity index (χ0) is 18.4. The van der Waals surface area contributed by atoms with Crippen LogP contribution in [0.5, 0.6) is 5.75 Å². The maximum absolute atomic E-state index is 12.1. The van der Waals surface area contributed by atoms with Crippen molar-refractivity contribution in [3.63, 3.8) is 0 Å². The first kappa shape index (κ1) is 18.4. The van der Waals surface area contributed by atoms with Crippen molar-refractivity contribution in [1.82, 2.24) is 5.32 Å². The van der Waals surface area contributed by atoms with Crippen molar-refractivity contribution in [2.45, 2.75) is 20.0 Å². The number of aliphatic hydroxyl groups excluding tert-OH is 1. The lowest BCUT2D eigenvalue weighted by molar-refractivity contribution is -0.384. The molecule has 0 aliphatic heterocycles. The lowest BCUT2D eigenvalue weighted by atomic mass is 10.1. The van der Waals surface area contributed by atoms with E-state index in [0.29, 0.717) is 11.3 Å². The van der Waals surface area contributed by atoms with E-state index in [2.05, 4.69) is 5.32 Å². The van der Waals surface area contributed by atoms with E-state index in [1.807, 2.05) is 26.0 Å². The third kappa shape index (κ3) is 5.29. The number of rotatable bonds is 7. The summed E-state index contributed by atoms with van der Waals surface area (Å²) >= 11 is 0. The Hall–Kier alpha value is -2.93. The Balaban J connectivity index is 1.81. The first-order valence-corrected chi connectivity index (χ1v) is 7.77. The lowest BCUT2D eigenvalue weighted by Crippen LogP contribution is -2.35. The summed E-state index contributed by atoms with van der Waals surface area (Å²) in [7, 11) is 0. The van der Waals surface area contributed by atoms with Crippen molar-refractivity contribution in [2.75, 3.05) is 13.2 Å². The summed E-state index contributed by atoms with van der Waals surface area (Å²) in [5.41, 5.74) is 2.47. The highest BCUT2D eigenvalue weighted by molar-refractivity contribution is 5.95. The number of carbonyl (C=O) groups is 1. The number of benzene rings is 2. The van der Waals surface area contributed by atoms with Crippen LogP contribution in [0, 0.1) is 24.0 Å². The largest absolute Gasteiger partial charge is 0.491 e. The van der Waals surface area contributed by atoms with E-state index in [1.54, 1.807) is 6.07 Å². The first-order valence-electron chi connectivity index (χ1n) is 7.77. The monoisotopic (exact) mass is 344 g/mol. The van der Waals surface area contributed by atoms with E-state index < -0.39 is 11.0 Å². The Labute approximate surface area is 145 Å². The number of nitrogens with zero attached hydrogens (tertiary/aromatic N) is 1. The van der Waals surface area contributed by atoms with Crippen molar-refractivity contribution in [1.29, 1.82) is 0 Å². The van der Waals surface area contributed by atoms with E-state index in [1.165, 1.54) is 24.3 Å². The molecule has 0 aliphatic rings. The summed E-state index contributed by atoms with van der Waals surface area (Å²) in [5, 5.41) is 23.1. The van der Waals surface area contributed by atoms with Crippen LogP contribution in [0.4, 0.5) is 5.69 Å². The van der Waals surface area contributed by atoms with Gasteiger partial charge in [0.25, 0.3) is 11.6 Å². The quantitative estimate of drug-likeness (QED) is 0.593. The highest BCUT2D eigenvalue weighted by Crippen LogP contribution is 2.17. The fourth-order valence-corrected chi connectivity index (χ4v) is 2.29. The summed E-state index contributed by atoms with van der Waals surface area (Å²) < 4.78 is 5.36. The fraction of sp³-hybridized carbons (Fsp3) is 0.278. The van der Waals surface area contributed by atoms with Gasteiger partial charge in [0.2, 0.25) is 0 Å². The minimum Gasteiger partial charge on any atom is -0.491 e. The molecule has 132 valence electrons. The molecule has 0 bridgehead atoms. The van der Waals surface area contributed by atoms with Gasteiger partial charge in [-0.25, -0.2) is 0 Å². The summed E-state index contributed by atoms with van der Waals surface area (Å²) in [6.07, 6.45) is -0.898. The average molecular weight is 344 g/mol. The van der Waals surface area contributed by atoms with Gasteiger partial charge in [-0.2, -0.15) is 0 Å². The van der Waals surface area contributed by atoms with Gasteiger partial charge in [0.05, 0.1) is 4.92 Å². The molecular weight excluding hydrogens is 324 g/mol. The maximum Gasteiger partial charge on any atom is 0.269 e. The molecule has 7 nitrogen and oxygen atoms in total. The van der Waals surface area contributed by atoms with Gasteiger partial charge < -0.3 is 15.2 Å². The maximum atomic E-state index is 12.1. The second-order valence-electron chi connectivity index (χ2n) is 5.74. The molecule has 2 N–H and O–H groups in total. The summed E-state index contributed by atoms with van der Waals surface area (Å²) in [4.78, 5) is 22.2. The van der Waals surface area contributed by atoms with E-state index in [4.69, 9.17) is 4.74 Å². The highest BCUT2D eigenvalue weighted by Gasteiger charge is 2.12. The third-order valence-corrected chi connectivity index (χ3v) is 3.61. The van der Waals surface area contributed by atoms with Crippen LogP contribution >= 0.6 is 0 Å². The molecule has 2 aromatic carbocycles. The van der Waals surface area contributed by atoms with Crippen LogP contribution in [0.3, 0.4) is 0 Å². The Morgan fingerprint density at radius 1 is 1.24 bits per heavy atom. The van der Waals surface area contributed by atoms with Gasteiger partial charge in [-0.3, -0.25) is 14.9 Å². The lowest BCUT2D eigenvalue weighted by Gasteiger charge is -2.14. The molecule has 2 rings (SSSR count). The zero-order valence-electron chi connectivity index (χ0n) is 14.1. The van der Waals surface area contributed by atoms with Crippen molar-refractivity contribution in [3.05, 3.63) is 69.3 Å². The number of amides is 1. The van der Waals surface area contributed by atoms with Crippen LogP contribution < -0.4 is 10.1 Å². The Morgan fingerprint density at radius 2 is 1.92 bits per heavy atom. The Kier molecular flexibility index (Phi) is 6.08. The number of ether oxygens (including phenoxy) is 1. The minimum absolute atomic E-state index is 0.0337. The van der Waals surface area contributed by atoms with Crippen molar-refractivity contribution < 1.29 is 19.6 Å². The van der Waals surface area contributed by atoms with Crippen LogP contribution in [0.1, 0.15) is 21.5 Å². The van der Waals surface area contributed by atoms with Crippen LogP contribution in [0.2, 0.25) is 0 Å². The Morgan fingerprint density at radius 3 is 2.52 bits per heavy atom. The number of nitrogens with one attached hydrogen (secondary N) is 1. The number of aryl methyl sites for hydroxylation is 2. The predicted octanol–water partition coefficient (Wildman–Crippen LogP) is 2.38. The van der Waals surface area contributed by atoms with Gasteiger partial charge in [0.1, 0.15) is 18.5 Å². The number of nitro benzene ring substituents is 1. The van der Waals surface area contributed by atoms with Crippen LogP contribution in [0.15, 0.2) is 42.5 Å². The molecule has 0 saturated heterocycles. The second-order valence-corrected chi connectivity index (χ2v) is 5.74. The molecule has 1 atom stereocenters. The van der Waals surface area contributed by atoms with Crippen molar-refractivity contribution in [3.8, 4) is 5.75 Å². The summed E-state index contributed by atoms with van der Waals surface area (Å²) in [6, 6.07) is 11.1. The smallest absolute Gasteiger partial charge is 0.269 e. The first-order chi connectivity index (χ1) is 11.9. The predicted molar refractivity (Wildman–Crippen MR) is 92.8 cm³/mol. The van der Waals surface area contributed by atoms with Crippen LogP contribution in [-0.4, -0.2) is 35.2 Å². The molecule has 0 unspecified atom stereocenters. The van der Waals surface area contributed by atoms with Crippen LogP contribution in [-0.2, 0) is 0 Å². The van der Waals surface area contributed by atoms with Gasteiger partial charge in [-0.15, -0.1) is 0 Å².